The minimum absolute atomic E-state index is 0.695. The predicted molar refractivity (Wildman–Crippen MR) is 82.6 cm³/mol. The van der Waals surface area contributed by atoms with Gasteiger partial charge < -0.3 is 5.32 Å². The van der Waals surface area contributed by atoms with Crippen LogP contribution in [0.2, 0.25) is 5.02 Å². The summed E-state index contributed by atoms with van der Waals surface area (Å²) in [5.41, 5.74) is 2.18. The monoisotopic (exact) mass is 326 g/mol. The van der Waals surface area contributed by atoms with Crippen LogP contribution in [0.4, 0.5) is 5.82 Å². The Kier molecular flexibility index (Phi) is 4.46. The molecule has 0 saturated heterocycles. The molecule has 0 bridgehead atoms. The normalized spacial score (nSPS) is 10.9. The van der Waals surface area contributed by atoms with E-state index in [4.69, 9.17) is 16.6 Å². The molecule has 1 heterocycles. The average Bonchev–Trinajstić information content (AvgIpc) is 2.36. The van der Waals surface area contributed by atoms with Crippen LogP contribution in [0.3, 0.4) is 0 Å². The van der Waals surface area contributed by atoms with E-state index >= 15 is 0 Å². The maximum atomic E-state index is 6.11. The van der Waals surface area contributed by atoms with Crippen LogP contribution in [-0.4, -0.2) is 11.5 Å². The molecule has 1 aromatic carbocycles. The molecule has 0 unspecified atom stereocenters. The molecule has 2 nitrogen and oxygen atoms in total. The zero-order chi connectivity index (χ0) is 13.1. The summed E-state index contributed by atoms with van der Waals surface area (Å²) in [4.78, 5) is 4.70. The van der Waals surface area contributed by atoms with Gasteiger partial charge in [0.15, 0.2) is 0 Å². The van der Waals surface area contributed by atoms with Crippen LogP contribution in [-0.2, 0) is 6.42 Å². The van der Waals surface area contributed by atoms with E-state index < -0.39 is 0 Å². The molecule has 18 heavy (non-hydrogen) atoms. The van der Waals surface area contributed by atoms with Crippen LogP contribution in [0.25, 0.3) is 10.9 Å². The van der Waals surface area contributed by atoms with Gasteiger partial charge >= 0.3 is 0 Å². The first-order valence-electron chi connectivity index (χ1n) is 6.18. The van der Waals surface area contributed by atoms with Crippen LogP contribution in [0.5, 0.6) is 0 Å². The maximum Gasteiger partial charge on any atom is 0.129 e. The minimum Gasteiger partial charge on any atom is -0.370 e. The van der Waals surface area contributed by atoms with E-state index in [0.29, 0.717) is 5.02 Å². The Balaban J connectivity index is 2.64. The summed E-state index contributed by atoms with van der Waals surface area (Å²) in [6, 6.07) is 6.12. The van der Waals surface area contributed by atoms with E-state index in [9.17, 15) is 0 Å². The molecule has 2 aromatic rings. The number of rotatable bonds is 4. The molecule has 0 spiro atoms. The van der Waals surface area contributed by atoms with Gasteiger partial charge in [0.25, 0.3) is 0 Å². The van der Waals surface area contributed by atoms with Gasteiger partial charge in [-0.1, -0.05) is 31.0 Å². The van der Waals surface area contributed by atoms with Crippen molar-refractivity contribution >= 4 is 44.3 Å². The topological polar surface area (TPSA) is 24.9 Å². The highest BCUT2D eigenvalue weighted by Crippen LogP contribution is 2.32. The summed E-state index contributed by atoms with van der Waals surface area (Å²) < 4.78 is 0.865. The van der Waals surface area contributed by atoms with Crippen molar-refractivity contribution in [2.45, 2.75) is 26.7 Å². The predicted octanol–water partition coefficient (Wildman–Crippen LogP) is 5.04. The van der Waals surface area contributed by atoms with E-state index in [1.807, 2.05) is 12.1 Å². The van der Waals surface area contributed by atoms with Crippen LogP contribution >= 0.6 is 27.5 Å². The van der Waals surface area contributed by atoms with E-state index in [-0.39, 0.29) is 0 Å². The fourth-order valence-corrected chi connectivity index (χ4v) is 2.61. The molecule has 0 atom stereocenters. The Bertz CT molecular complexity index is 569. The second-order valence-corrected chi connectivity index (χ2v) is 5.41. The third-order valence-corrected chi connectivity index (χ3v) is 4.17. The van der Waals surface area contributed by atoms with Crippen molar-refractivity contribution in [2.24, 2.45) is 0 Å². The highest BCUT2D eigenvalue weighted by molar-refractivity contribution is 9.10. The zero-order valence-corrected chi connectivity index (χ0v) is 12.9. The molecular weight excluding hydrogens is 312 g/mol. The summed E-state index contributed by atoms with van der Waals surface area (Å²) in [5, 5.41) is 5.14. The van der Waals surface area contributed by atoms with Gasteiger partial charge in [0, 0.05) is 11.9 Å². The van der Waals surface area contributed by atoms with Crippen molar-refractivity contribution in [2.75, 3.05) is 11.9 Å². The molecule has 0 amide bonds. The lowest BCUT2D eigenvalue weighted by molar-refractivity contribution is 0.916. The van der Waals surface area contributed by atoms with Gasteiger partial charge in [-0.15, -0.1) is 0 Å². The van der Waals surface area contributed by atoms with Crippen LogP contribution in [0, 0.1) is 0 Å². The number of aromatic nitrogens is 1. The number of benzene rings is 1. The maximum absolute atomic E-state index is 6.11. The zero-order valence-electron chi connectivity index (χ0n) is 10.6. The Hall–Kier alpha value is -0.800. The number of anilines is 1. The Morgan fingerprint density at radius 1 is 1.33 bits per heavy atom. The molecule has 0 aliphatic rings. The summed E-state index contributed by atoms with van der Waals surface area (Å²) in [6.45, 7) is 5.12. The van der Waals surface area contributed by atoms with E-state index in [1.165, 1.54) is 5.56 Å². The van der Waals surface area contributed by atoms with Crippen molar-refractivity contribution in [3.05, 3.63) is 33.3 Å². The molecule has 0 aliphatic carbocycles. The molecule has 0 saturated carbocycles. The van der Waals surface area contributed by atoms with Gasteiger partial charge in [-0.2, -0.15) is 0 Å². The van der Waals surface area contributed by atoms with Gasteiger partial charge in [-0.3, -0.25) is 0 Å². The number of nitrogens with one attached hydrogen (secondary N) is 1. The summed E-state index contributed by atoms with van der Waals surface area (Å²) in [5.74, 6) is 0.967. The standard InChI is InChI=1S/C14H16BrClN2/c1-3-5-10-8-9-6-7-11(16)12(15)13(9)18-14(10)17-4-2/h6-8H,3-5H2,1-2H3,(H,17,18). The van der Waals surface area contributed by atoms with E-state index in [2.05, 4.69) is 41.2 Å². The van der Waals surface area contributed by atoms with Gasteiger partial charge in [-0.25, -0.2) is 4.98 Å². The van der Waals surface area contributed by atoms with E-state index in [0.717, 1.165) is 40.6 Å². The summed E-state index contributed by atoms with van der Waals surface area (Å²) in [7, 11) is 0. The second-order valence-electron chi connectivity index (χ2n) is 4.21. The van der Waals surface area contributed by atoms with Crippen molar-refractivity contribution in [3.8, 4) is 0 Å². The first-order chi connectivity index (χ1) is 8.67. The fourth-order valence-electron chi connectivity index (χ4n) is 2.01. The number of pyridine rings is 1. The molecule has 96 valence electrons. The van der Waals surface area contributed by atoms with Crippen LogP contribution < -0.4 is 5.32 Å². The van der Waals surface area contributed by atoms with Gasteiger partial charge in [0.2, 0.25) is 0 Å². The van der Waals surface area contributed by atoms with E-state index in [1.54, 1.807) is 0 Å². The summed E-state index contributed by atoms with van der Waals surface area (Å²) >= 11 is 9.62. The molecule has 0 aliphatic heterocycles. The van der Waals surface area contributed by atoms with Crippen LogP contribution in [0.1, 0.15) is 25.8 Å². The smallest absolute Gasteiger partial charge is 0.129 e. The first kappa shape index (κ1) is 13.6. The first-order valence-corrected chi connectivity index (χ1v) is 7.36. The molecule has 0 radical (unpaired) electrons. The second kappa shape index (κ2) is 5.89. The number of fused-ring (bicyclic) bond motifs is 1. The highest BCUT2D eigenvalue weighted by atomic mass is 79.9. The lowest BCUT2D eigenvalue weighted by Gasteiger charge is -2.12. The lowest BCUT2D eigenvalue weighted by atomic mass is 10.1. The third kappa shape index (κ3) is 2.62. The van der Waals surface area contributed by atoms with Crippen molar-refractivity contribution in [1.29, 1.82) is 0 Å². The van der Waals surface area contributed by atoms with Gasteiger partial charge in [0.1, 0.15) is 5.82 Å². The number of halogens is 2. The molecule has 1 N–H and O–H groups in total. The van der Waals surface area contributed by atoms with Gasteiger partial charge in [-0.05, 0) is 47.0 Å². The number of hydrogen-bond donors (Lipinski definition) is 1. The molecular formula is C14H16BrClN2. The quantitative estimate of drug-likeness (QED) is 0.851. The summed E-state index contributed by atoms with van der Waals surface area (Å²) in [6.07, 6.45) is 2.14. The lowest BCUT2D eigenvalue weighted by Crippen LogP contribution is -2.04. The van der Waals surface area contributed by atoms with Crippen molar-refractivity contribution in [1.82, 2.24) is 4.98 Å². The van der Waals surface area contributed by atoms with Crippen LogP contribution in [0.15, 0.2) is 22.7 Å². The Labute approximate surface area is 121 Å². The van der Waals surface area contributed by atoms with Crippen molar-refractivity contribution in [3.63, 3.8) is 0 Å². The number of aryl methyl sites for hydroxylation is 1. The third-order valence-electron chi connectivity index (χ3n) is 2.82. The molecule has 2 rings (SSSR count). The van der Waals surface area contributed by atoms with Crippen molar-refractivity contribution < 1.29 is 0 Å². The fraction of sp³-hybridized carbons (Fsp3) is 0.357. The molecule has 0 fully saturated rings. The SMILES string of the molecule is CCCc1cc2ccc(Cl)c(Br)c2nc1NCC. The molecule has 4 heteroatoms. The molecule has 1 aromatic heterocycles. The Morgan fingerprint density at radius 2 is 2.11 bits per heavy atom. The van der Waals surface area contributed by atoms with Gasteiger partial charge in [0.05, 0.1) is 15.0 Å². The Morgan fingerprint density at radius 3 is 2.78 bits per heavy atom. The highest BCUT2D eigenvalue weighted by Gasteiger charge is 2.10. The average molecular weight is 328 g/mol. The minimum atomic E-state index is 0.695. The number of nitrogens with zero attached hydrogens (tertiary/aromatic N) is 1. The number of hydrogen-bond acceptors (Lipinski definition) is 2. The largest absolute Gasteiger partial charge is 0.370 e.